The van der Waals surface area contributed by atoms with Crippen molar-refractivity contribution in [2.75, 3.05) is 0 Å². The Morgan fingerprint density at radius 3 is 2.14 bits per heavy atom. The van der Waals surface area contributed by atoms with Gasteiger partial charge in [0.05, 0.1) is 15.9 Å². The number of aromatic nitrogens is 2. The molecule has 0 N–H and O–H groups in total. The fourth-order valence-corrected chi connectivity index (χ4v) is 4.55. The molecule has 0 saturated carbocycles. The zero-order chi connectivity index (χ0) is 19.8. The molecule has 0 bridgehead atoms. The van der Waals surface area contributed by atoms with Crippen molar-refractivity contribution in [2.24, 2.45) is 0 Å². The summed E-state index contributed by atoms with van der Waals surface area (Å²) in [6.07, 6.45) is 1.83. The first-order valence-corrected chi connectivity index (χ1v) is 10.3. The molecule has 0 radical (unpaired) electrons. The van der Waals surface area contributed by atoms with Crippen LogP contribution in [0.25, 0.3) is 33.6 Å². The quantitative estimate of drug-likeness (QED) is 0.402. The van der Waals surface area contributed by atoms with Crippen LogP contribution in [-0.4, -0.2) is 9.38 Å². The van der Waals surface area contributed by atoms with E-state index in [9.17, 15) is 4.79 Å². The van der Waals surface area contributed by atoms with Crippen LogP contribution in [0, 0.1) is 0 Å². The number of imidazole rings is 1. The summed E-state index contributed by atoms with van der Waals surface area (Å²) in [5, 5.41) is 0.617. The molecule has 29 heavy (non-hydrogen) atoms. The molecule has 3 aromatic carbocycles. The molecule has 0 aliphatic heterocycles. The van der Waals surface area contributed by atoms with Crippen LogP contribution in [-0.2, 0) is 0 Å². The van der Waals surface area contributed by atoms with Crippen molar-refractivity contribution in [2.45, 2.75) is 0 Å². The summed E-state index contributed by atoms with van der Waals surface area (Å²) in [6.45, 7) is 0. The van der Waals surface area contributed by atoms with E-state index in [0.717, 1.165) is 28.1 Å². The van der Waals surface area contributed by atoms with Crippen LogP contribution in [0.2, 0.25) is 5.02 Å². The van der Waals surface area contributed by atoms with Gasteiger partial charge in [-0.05, 0) is 17.7 Å². The van der Waals surface area contributed by atoms with Gasteiger partial charge in [0.25, 0.3) is 5.56 Å². The van der Waals surface area contributed by atoms with Crippen molar-refractivity contribution in [3.8, 4) is 22.5 Å². The van der Waals surface area contributed by atoms with Gasteiger partial charge in [0.2, 0.25) is 0 Å². The summed E-state index contributed by atoms with van der Waals surface area (Å²) in [6, 6.07) is 27.4. The first-order valence-electron chi connectivity index (χ1n) is 9.15. The molecule has 2 aromatic heterocycles. The maximum absolute atomic E-state index is 13.3. The molecule has 0 unspecified atom stereocenters. The number of hydrogen-bond donors (Lipinski definition) is 0. The molecule has 2 heterocycles. The van der Waals surface area contributed by atoms with E-state index in [0.29, 0.717) is 14.5 Å². The number of thiazole rings is 1. The van der Waals surface area contributed by atoms with Crippen molar-refractivity contribution in [1.82, 2.24) is 9.38 Å². The van der Waals surface area contributed by atoms with Crippen molar-refractivity contribution in [3.05, 3.63) is 110 Å². The lowest BCUT2D eigenvalue weighted by atomic mass is 10.1. The molecule has 5 aromatic rings. The highest BCUT2D eigenvalue weighted by Gasteiger charge is 2.19. The summed E-state index contributed by atoms with van der Waals surface area (Å²) in [7, 11) is 0. The van der Waals surface area contributed by atoms with E-state index in [4.69, 9.17) is 16.6 Å². The normalized spacial score (nSPS) is 12.0. The van der Waals surface area contributed by atoms with Crippen molar-refractivity contribution >= 4 is 34.0 Å². The van der Waals surface area contributed by atoms with E-state index in [1.165, 1.54) is 11.3 Å². The monoisotopic (exact) mass is 414 g/mol. The predicted molar refractivity (Wildman–Crippen MR) is 120 cm³/mol. The topological polar surface area (TPSA) is 34.4 Å². The zero-order valence-electron chi connectivity index (χ0n) is 15.2. The van der Waals surface area contributed by atoms with Crippen LogP contribution in [0.4, 0.5) is 0 Å². The summed E-state index contributed by atoms with van der Waals surface area (Å²) in [5.74, 6) is 0. The van der Waals surface area contributed by atoms with Gasteiger partial charge in [-0.25, -0.2) is 9.38 Å². The van der Waals surface area contributed by atoms with Crippen molar-refractivity contribution in [1.29, 1.82) is 0 Å². The highest BCUT2D eigenvalue weighted by atomic mass is 35.5. The Balaban J connectivity index is 1.82. The number of nitrogens with zero attached hydrogens (tertiary/aromatic N) is 2. The predicted octanol–water partition coefficient (Wildman–Crippen LogP) is 5.29. The minimum Gasteiger partial charge on any atom is -0.267 e. The molecule has 0 saturated heterocycles. The van der Waals surface area contributed by atoms with Gasteiger partial charge in [0, 0.05) is 16.1 Å². The molecule has 5 rings (SSSR count). The summed E-state index contributed by atoms with van der Waals surface area (Å²) >= 11 is 7.66. The average molecular weight is 415 g/mol. The largest absolute Gasteiger partial charge is 0.274 e. The van der Waals surface area contributed by atoms with E-state index < -0.39 is 0 Å². The Morgan fingerprint density at radius 2 is 1.45 bits per heavy atom. The van der Waals surface area contributed by atoms with Crippen LogP contribution in [0.3, 0.4) is 0 Å². The minimum absolute atomic E-state index is 0.0848. The fourth-order valence-electron chi connectivity index (χ4n) is 3.39. The minimum atomic E-state index is -0.0848. The second-order valence-corrected chi connectivity index (χ2v) is 8.01. The SMILES string of the molecule is O=c1/c(=C/c2ccccc2Cl)sc2nc(-c3ccccc3)c(-c3ccccc3)n12. The molecule has 0 amide bonds. The summed E-state index contributed by atoms with van der Waals surface area (Å²) < 4.78 is 2.32. The van der Waals surface area contributed by atoms with Crippen molar-refractivity contribution < 1.29 is 0 Å². The highest BCUT2D eigenvalue weighted by molar-refractivity contribution is 7.15. The maximum Gasteiger partial charge on any atom is 0.274 e. The smallest absolute Gasteiger partial charge is 0.267 e. The maximum atomic E-state index is 13.3. The standard InChI is InChI=1S/C24H15ClN2OS/c25-19-14-8-7-13-18(19)15-20-23(28)27-22(17-11-5-2-6-12-17)21(26-24(27)29-20)16-9-3-1-4-10-16/h1-15H/b20-15-. The molecule has 0 aliphatic rings. The second-order valence-electron chi connectivity index (χ2n) is 6.60. The second kappa shape index (κ2) is 7.32. The molecule has 0 aliphatic carbocycles. The number of halogens is 1. The molecule has 0 fully saturated rings. The van der Waals surface area contributed by atoms with Crippen LogP contribution in [0.15, 0.2) is 89.7 Å². The molecule has 0 atom stereocenters. The third-order valence-electron chi connectivity index (χ3n) is 4.75. The van der Waals surface area contributed by atoms with Gasteiger partial charge < -0.3 is 0 Å². The van der Waals surface area contributed by atoms with Gasteiger partial charge in [-0.15, -0.1) is 0 Å². The number of benzene rings is 3. The van der Waals surface area contributed by atoms with Gasteiger partial charge in [-0.1, -0.05) is 102 Å². The van der Waals surface area contributed by atoms with Crippen LogP contribution < -0.4 is 10.1 Å². The van der Waals surface area contributed by atoms with Gasteiger partial charge in [0.15, 0.2) is 4.96 Å². The third kappa shape index (κ3) is 3.16. The molecule has 140 valence electrons. The first-order chi connectivity index (χ1) is 14.2. The Morgan fingerprint density at radius 1 is 0.828 bits per heavy atom. The van der Waals surface area contributed by atoms with E-state index in [1.807, 2.05) is 91.0 Å². The fraction of sp³-hybridized carbons (Fsp3) is 0. The molecular formula is C24H15ClN2OS. The van der Waals surface area contributed by atoms with E-state index in [-0.39, 0.29) is 5.56 Å². The summed E-state index contributed by atoms with van der Waals surface area (Å²) in [5.41, 5.74) is 4.30. The average Bonchev–Trinajstić information content (AvgIpc) is 3.28. The van der Waals surface area contributed by atoms with Crippen LogP contribution >= 0.6 is 22.9 Å². The number of hydrogen-bond acceptors (Lipinski definition) is 3. The van der Waals surface area contributed by atoms with Crippen molar-refractivity contribution in [3.63, 3.8) is 0 Å². The Hall–Kier alpha value is -3.21. The Bertz CT molecular complexity index is 1420. The Labute approximate surface area is 176 Å². The lowest BCUT2D eigenvalue weighted by Gasteiger charge is -2.04. The molecule has 5 heteroatoms. The molecular weight excluding hydrogens is 400 g/mol. The lowest BCUT2D eigenvalue weighted by molar-refractivity contribution is 1.15. The molecule has 0 spiro atoms. The van der Waals surface area contributed by atoms with Gasteiger partial charge in [0.1, 0.15) is 0 Å². The number of rotatable bonds is 3. The van der Waals surface area contributed by atoms with E-state index >= 15 is 0 Å². The molecule has 3 nitrogen and oxygen atoms in total. The lowest BCUT2D eigenvalue weighted by Crippen LogP contribution is -2.23. The first kappa shape index (κ1) is 17.9. The Kier molecular flexibility index (Phi) is 4.51. The van der Waals surface area contributed by atoms with Crippen LogP contribution in [0.1, 0.15) is 5.56 Å². The highest BCUT2D eigenvalue weighted by Crippen LogP contribution is 2.32. The summed E-state index contributed by atoms with van der Waals surface area (Å²) in [4.78, 5) is 18.8. The van der Waals surface area contributed by atoms with Gasteiger partial charge >= 0.3 is 0 Å². The van der Waals surface area contributed by atoms with Crippen LogP contribution in [0.5, 0.6) is 0 Å². The van der Waals surface area contributed by atoms with E-state index in [1.54, 1.807) is 4.40 Å². The van der Waals surface area contributed by atoms with E-state index in [2.05, 4.69) is 0 Å². The third-order valence-corrected chi connectivity index (χ3v) is 6.06. The van der Waals surface area contributed by atoms with Gasteiger partial charge in [-0.2, -0.15) is 0 Å². The zero-order valence-corrected chi connectivity index (χ0v) is 16.8. The van der Waals surface area contributed by atoms with Gasteiger partial charge in [-0.3, -0.25) is 4.79 Å². The number of fused-ring (bicyclic) bond motifs is 1.